The minimum absolute atomic E-state index is 0.0595. The normalized spacial score (nSPS) is 9.51. The number of nitrogens with one attached hydrogen (secondary N) is 8. The molecule has 124 heavy (non-hydrogen) atoms. The van der Waals surface area contributed by atoms with Crippen LogP contribution in [-0.4, -0.2) is 112 Å². The summed E-state index contributed by atoms with van der Waals surface area (Å²) in [4.78, 5) is 74.9. The van der Waals surface area contributed by atoms with E-state index in [0.717, 1.165) is 28.1 Å². The van der Waals surface area contributed by atoms with Crippen LogP contribution in [0.3, 0.4) is 0 Å². The van der Waals surface area contributed by atoms with Crippen LogP contribution in [-0.2, 0) is 10.7 Å². The number of Topliss-reactive ketones (excluding diaryl/α,β-unsaturated/α-hetero) is 1. The number of thiocarbonyl (C=S) groups is 2. The second-order valence-corrected chi connectivity index (χ2v) is 27.6. The summed E-state index contributed by atoms with van der Waals surface area (Å²) in [6.45, 7) is 2.97. The Bertz CT molecular complexity index is 5830. The Morgan fingerprint density at radius 2 is 0.871 bits per heavy atom. The molecule has 0 aliphatic heterocycles. The van der Waals surface area contributed by atoms with Crippen molar-refractivity contribution in [2.24, 2.45) is 16.7 Å². The lowest BCUT2D eigenvalue weighted by Gasteiger charge is -2.11. The molecule has 0 saturated carbocycles. The third-order valence-electron chi connectivity index (χ3n) is 14.5. The highest BCUT2D eigenvalue weighted by Crippen LogP contribution is 2.29. The number of hydrazine groups is 3. The zero-order valence-electron chi connectivity index (χ0n) is 64.5. The summed E-state index contributed by atoms with van der Waals surface area (Å²) < 4.78 is 9.89. The maximum atomic E-state index is 11.9. The van der Waals surface area contributed by atoms with Crippen molar-refractivity contribution in [1.82, 2.24) is 86.7 Å². The van der Waals surface area contributed by atoms with Gasteiger partial charge in [-0.1, -0.05) is 130 Å². The van der Waals surface area contributed by atoms with Gasteiger partial charge in [-0.05, 0) is 219 Å². The lowest BCUT2D eigenvalue weighted by Crippen LogP contribution is -2.42. The molecule has 0 unspecified atom stereocenters. The van der Waals surface area contributed by atoms with Gasteiger partial charge in [0, 0.05) is 117 Å². The topological polar surface area (TPSA) is 427 Å². The number of aliphatic imine (C=N–C) groups is 1. The zero-order chi connectivity index (χ0) is 90.6. The number of nitriles is 2. The Balaban J connectivity index is 0.000000252. The van der Waals surface area contributed by atoms with Crippen molar-refractivity contribution in [1.29, 1.82) is 10.5 Å². The number of anilines is 1. The molecule has 4 amide bonds. The van der Waals surface area contributed by atoms with Crippen LogP contribution in [0.15, 0.2) is 277 Å². The molecular formula is C82H68Cl9N23O6S4. The number of benzene rings is 7. The minimum Gasteiger partial charge on any atom is -0.419 e. The van der Waals surface area contributed by atoms with E-state index in [1.165, 1.54) is 26.2 Å². The van der Waals surface area contributed by atoms with Crippen LogP contribution in [0.2, 0.25) is 35.2 Å². The number of carbonyl (C=O) groups excluding carboxylic acids is 5. The fourth-order valence-electron chi connectivity index (χ4n) is 8.94. The number of pyridine rings is 4. The molecule has 0 atom stereocenters. The van der Waals surface area contributed by atoms with Gasteiger partial charge in [0.1, 0.15) is 11.8 Å². The van der Waals surface area contributed by atoms with E-state index in [0.29, 0.717) is 107 Å². The fraction of sp³-hybridized carbons (Fsp3) is 0.0610. The molecule has 634 valence electrons. The van der Waals surface area contributed by atoms with Gasteiger partial charge >= 0.3 is 0 Å². The predicted octanol–water partition coefficient (Wildman–Crippen LogP) is 19.4. The van der Waals surface area contributed by atoms with Gasteiger partial charge in [-0.15, -0.1) is 33.4 Å². The smallest absolute Gasteiger partial charge is 0.269 e. The number of isothiocyanates is 1. The number of alkyl halides is 2. The van der Waals surface area contributed by atoms with Gasteiger partial charge in [-0.3, -0.25) is 84.9 Å². The summed E-state index contributed by atoms with van der Waals surface area (Å²) >= 11 is 72.0. The standard InChI is InChI=1S/C14H12ClN3OS.2C13H9ClN4S.C9H8Cl2N2O2.C9H6Cl2N2O.C7H7ClN2O.C7H4ClNS.C6H7N3O.2C2H3N/c15-11-3-1-2-4-12(11)18-14(20)17-9-13(19)10-5-7-16-8-6-10;2*14-10-3-1-2-4-11(10)18-12(16-17-13(18)19)9-5-7-15-8-6-9;10-5-8(14)12-13-9(15)6-1-3-7(11)4-2-6;10-5-8-12-13-9(14-8)6-1-3-7(11)4-2-6;8-6-3-1-5(2-4-6)7(11)10-9;8-6-3-1-2-4-7(6)9-5-10;7-9-6(10)5-1-3-8-4-2-5;2*1-2-3/h1-8H,9H2,(H2,17,18,20);2*1-8H,(H,17,19);1-4H,5H2,(H,12,14)(H,13,15);1-4H,5H2;1-4H,9H2,(H,10,11);1-4H;1-4H,7H2,(H,9,10);2*1H3. The van der Waals surface area contributed by atoms with Gasteiger partial charge in [0.15, 0.2) is 32.1 Å². The Kier molecular flexibility index (Phi) is 47.6. The molecule has 42 heteroatoms. The summed E-state index contributed by atoms with van der Waals surface area (Å²) in [6.07, 6.45) is 13.1. The summed E-state index contributed by atoms with van der Waals surface area (Å²) in [5.41, 5.74) is 16.0. The molecule has 0 bridgehead atoms. The number of aromatic nitrogens is 12. The summed E-state index contributed by atoms with van der Waals surface area (Å²) in [5.74, 6) is 10.5. The van der Waals surface area contributed by atoms with E-state index in [9.17, 15) is 24.0 Å². The molecule has 0 aliphatic carbocycles. The fourth-order valence-corrected chi connectivity index (χ4v) is 11.0. The van der Waals surface area contributed by atoms with Crippen LogP contribution in [0.25, 0.3) is 45.6 Å². The number of amides is 4. The summed E-state index contributed by atoms with van der Waals surface area (Å²) in [7, 11) is 0. The Labute approximate surface area is 776 Å². The quantitative estimate of drug-likeness (QED) is 0.00866. The number of halogens is 9. The van der Waals surface area contributed by atoms with E-state index < -0.39 is 11.8 Å². The summed E-state index contributed by atoms with van der Waals surface area (Å²) in [5, 5.41) is 49.0. The van der Waals surface area contributed by atoms with E-state index in [2.05, 4.69) is 94.4 Å². The number of H-pyrrole nitrogens is 2. The molecule has 7 aromatic heterocycles. The zero-order valence-corrected chi connectivity index (χ0v) is 74.5. The molecule has 0 aliphatic rings. The number of para-hydroxylation sites is 4. The second kappa shape index (κ2) is 57.8. The molecule has 0 radical (unpaired) electrons. The number of hydrogen-bond donors (Lipinski definition) is 10. The molecule has 7 aromatic carbocycles. The van der Waals surface area contributed by atoms with Crippen LogP contribution >= 0.6 is 153 Å². The maximum Gasteiger partial charge on any atom is 0.269 e. The van der Waals surface area contributed by atoms with E-state index in [4.69, 9.17) is 168 Å². The van der Waals surface area contributed by atoms with E-state index in [1.807, 2.05) is 129 Å². The SMILES string of the molecule is CC#N.CC#N.ClCc1nnc(-c2ccc(Cl)cc2)o1.NNC(=O)c1ccc(Cl)cc1.NNC(=O)c1ccncc1.O=C(CCl)NNC(=O)c1ccc(Cl)cc1.O=C(CNC(=S)Nc1ccccc1Cl)c1ccncc1.S=C=Nc1ccccc1Cl.S=c1[nH]nc(-c2ccncc2)n1-c1ccccc1Cl.S=c1[nH]nc(-c2ccncc2)n1-c1ccccc1Cl. The van der Waals surface area contributed by atoms with Crippen molar-refractivity contribution >= 4 is 204 Å². The molecule has 7 heterocycles. The number of nitrogens with two attached hydrogens (primary N) is 2. The summed E-state index contributed by atoms with van der Waals surface area (Å²) in [6, 6.07) is 66.8. The van der Waals surface area contributed by atoms with E-state index in [1.54, 1.807) is 159 Å². The number of hydrogen-bond acceptors (Lipinski definition) is 23. The third kappa shape index (κ3) is 35.9. The van der Waals surface area contributed by atoms with Gasteiger partial charge in [-0.2, -0.15) is 25.7 Å². The average molecular weight is 1920 g/mol. The Morgan fingerprint density at radius 1 is 0.484 bits per heavy atom. The average Bonchev–Trinajstić information content (AvgIpc) is 1.63. The molecule has 14 rings (SSSR count). The van der Waals surface area contributed by atoms with Crippen molar-refractivity contribution < 1.29 is 28.4 Å². The number of nitrogen functional groups attached to an aromatic ring is 2. The van der Waals surface area contributed by atoms with Crippen molar-refractivity contribution in [3.05, 3.63) is 341 Å². The van der Waals surface area contributed by atoms with Crippen molar-refractivity contribution in [2.75, 3.05) is 17.7 Å². The molecule has 0 saturated heterocycles. The van der Waals surface area contributed by atoms with Crippen LogP contribution in [0.4, 0.5) is 11.4 Å². The van der Waals surface area contributed by atoms with E-state index in [-0.39, 0.29) is 35.9 Å². The van der Waals surface area contributed by atoms with Crippen molar-refractivity contribution in [2.45, 2.75) is 19.7 Å². The van der Waals surface area contributed by atoms with Gasteiger partial charge in [0.05, 0.1) is 66.7 Å². The molecule has 29 nitrogen and oxygen atoms in total. The monoisotopic (exact) mass is 1910 g/mol. The number of aromatic amines is 2. The number of ketones is 1. The molecule has 0 spiro atoms. The Hall–Kier alpha value is -12.5. The lowest BCUT2D eigenvalue weighted by atomic mass is 10.2. The largest absolute Gasteiger partial charge is 0.419 e. The first-order chi connectivity index (χ1) is 59.9. The van der Waals surface area contributed by atoms with Gasteiger partial charge < -0.3 is 15.1 Å². The second-order valence-electron chi connectivity index (χ2n) is 22.8. The Morgan fingerprint density at radius 3 is 1.27 bits per heavy atom. The lowest BCUT2D eigenvalue weighted by molar-refractivity contribution is -0.119. The van der Waals surface area contributed by atoms with E-state index >= 15 is 0 Å². The number of rotatable bonds is 15. The van der Waals surface area contributed by atoms with Crippen molar-refractivity contribution in [3.63, 3.8) is 0 Å². The van der Waals surface area contributed by atoms with Gasteiger partial charge in [0.25, 0.3) is 23.6 Å². The first-order valence-corrected chi connectivity index (χ1v) is 40.3. The third-order valence-corrected chi connectivity index (χ3v) is 17.9. The van der Waals surface area contributed by atoms with Gasteiger partial charge in [-0.25, -0.2) is 11.7 Å². The molecule has 0 fully saturated rings. The molecule has 14 aromatic rings. The maximum absolute atomic E-state index is 11.9. The highest BCUT2D eigenvalue weighted by atomic mass is 35.5. The number of nitrogens with zero attached hydrogens (tertiary/aromatic N) is 13. The molecule has 12 N–H and O–H groups in total. The van der Waals surface area contributed by atoms with Gasteiger partial charge in [0.2, 0.25) is 11.8 Å². The molecular weight excluding hydrogens is 1850 g/mol. The highest BCUT2D eigenvalue weighted by Gasteiger charge is 2.16. The van der Waals surface area contributed by atoms with Crippen LogP contribution in [0, 0.1) is 32.2 Å². The number of carbonyl (C=O) groups is 5. The first kappa shape index (κ1) is 102. The first-order valence-electron chi connectivity index (χ1n) is 34.9. The van der Waals surface area contributed by atoms with Crippen LogP contribution < -0.4 is 44.0 Å². The van der Waals surface area contributed by atoms with Crippen molar-refractivity contribution in [3.8, 4) is 57.7 Å². The van der Waals surface area contributed by atoms with Crippen LogP contribution in [0.1, 0.15) is 61.2 Å². The minimum atomic E-state index is -0.473. The van der Waals surface area contributed by atoms with Crippen LogP contribution in [0.5, 0.6) is 0 Å². The highest BCUT2D eigenvalue weighted by molar-refractivity contribution is 7.80. The predicted molar refractivity (Wildman–Crippen MR) is 498 cm³/mol.